The minimum absolute atomic E-state index is 0.851. The second kappa shape index (κ2) is 9.34. The van der Waals surface area contributed by atoms with Crippen LogP contribution in [0.15, 0.2) is 12.2 Å². The Bertz CT molecular complexity index is 217. The molecule has 0 N–H and O–H groups in total. The van der Waals surface area contributed by atoms with Gasteiger partial charge in [0.2, 0.25) is 0 Å². The van der Waals surface area contributed by atoms with Gasteiger partial charge in [0.15, 0.2) is 0 Å². The van der Waals surface area contributed by atoms with Gasteiger partial charge in [-0.1, -0.05) is 40.8 Å². The van der Waals surface area contributed by atoms with Crippen molar-refractivity contribution in [1.82, 2.24) is 0 Å². The van der Waals surface area contributed by atoms with Crippen molar-refractivity contribution in [1.29, 1.82) is 0 Å². The number of hydrogen-bond acceptors (Lipinski definition) is 0. The number of unbranched alkanes of at least 4 members (excludes halogenated alkanes) is 1. The Morgan fingerprint density at radius 3 is 2.82 bits per heavy atom. The Morgan fingerprint density at radius 1 is 1.36 bits per heavy atom. The first kappa shape index (κ1) is 10.3. The summed E-state index contributed by atoms with van der Waals surface area (Å²) >= 11 is 3.25. The Morgan fingerprint density at radius 2 is 2.18 bits per heavy atom. The van der Waals surface area contributed by atoms with Gasteiger partial charge in [-0.2, -0.15) is 0 Å². The highest BCUT2D eigenvalue weighted by Gasteiger charge is 1.66. The molecule has 0 radical (unpaired) electrons. The molecule has 0 aromatic heterocycles. The normalized spacial score (nSPS) is 8.18. The van der Waals surface area contributed by atoms with Crippen molar-refractivity contribution in [3.63, 3.8) is 0 Å². The predicted octanol–water partition coefficient (Wildman–Crippen LogP) is 2.74. The topological polar surface area (TPSA) is 0 Å². The van der Waals surface area contributed by atoms with E-state index in [1.807, 2.05) is 6.08 Å². The lowest BCUT2D eigenvalue weighted by atomic mass is 10.3. The molecule has 0 unspecified atom stereocenters. The predicted molar refractivity (Wildman–Crippen MR) is 53.4 cm³/mol. The molecule has 0 saturated carbocycles. The van der Waals surface area contributed by atoms with Crippen LogP contribution in [0.25, 0.3) is 0 Å². The molecule has 0 atom stereocenters. The van der Waals surface area contributed by atoms with Gasteiger partial charge in [0.05, 0.1) is 0 Å². The average molecular weight is 211 g/mol. The average Bonchev–Trinajstić information content (AvgIpc) is 2.03. The second-order valence-corrected chi connectivity index (χ2v) is 2.53. The molecule has 0 aliphatic rings. The maximum atomic E-state index is 3.25. The summed E-state index contributed by atoms with van der Waals surface area (Å²) in [5.74, 6) is 11.3. The largest absolute Gasteiger partial charge is 0.0891 e. The first-order valence-electron chi connectivity index (χ1n) is 3.61. The standard InChI is InChI=1S/C10H11Br/c1-2-3-4-5-6-7-8-9-10-11/h8-9H,2-3,10H2,1H3/b9-8+. The highest BCUT2D eigenvalue weighted by molar-refractivity contribution is 9.09. The van der Waals surface area contributed by atoms with Gasteiger partial charge >= 0.3 is 0 Å². The van der Waals surface area contributed by atoms with Gasteiger partial charge in [0.25, 0.3) is 0 Å². The minimum atomic E-state index is 0.851. The first-order valence-corrected chi connectivity index (χ1v) is 4.73. The third-order valence-electron chi connectivity index (χ3n) is 0.888. The quantitative estimate of drug-likeness (QED) is 0.486. The lowest BCUT2D eigenvalue weighted by Crippen LogP contribution is -1.60. The monoisotopic (exact) mass is 210 g/mol. The van der Waals surface area contributed by atoms with E-state index in [1.54, 1.807) is 6.08 Å². The third-order valence-corrected chi connectivity index (χ3v) is 1.26. The number of allylic oxidation sites excluding steroid dienone is 2. The first-order chi connectivity index (χ1) is 5.41. The summed E-state index contributed by atoms with van der Waals surface area (Å²) in [6.45, 7) is 2.10. The summed E-state index contributed by atoms with van der Waals surface area (Å²) in [4.78, 5) is 0. The fraction of sp³-hybridized carbons (Fsp3) is 0.400. The second-order valence-electron chi connectivity index (χ2n) is 1.88. The summed E-state index contributed by atoms with van der Waals surface area (Å²) in [6.07, 6.45) is 5.78. The van der Waals surface area contributed by atoms with Crippen LogP contribution in [0.5, 0.6) is 0 Å². The van der Waals surface area contributed by atoms with Crippen LogP contribution in [0.1, 0.15) is 19.8 Å². The molecule has 0 bridgehead atoms. The maximum absolute atomic E-state index is 3.25. The molecule has 0 nitrogen and oxygen atoms in total. The Kier molecular flexibility index (Phi) is 8.78. The molecule has 0 aliphatic heterocycles. The highest BCUT2D eigenvalue weighted by atomic mass is 79.9. The summed E-state index contributed by atoms with van der Waals surface area (Å²) in [5.41, 5.74) is 0. The van der Waals surface area contributed by atoms with Crippen LogP contribution < -0.4 is 0 Å². The number of alkyl halides is 1. The molecule has 0 heterocycles. The van der Waals surface area contributed by atoms with Gasteiger partial charge < -0.3 is 0 Å². The lowest BCUT2D eigenvalue weighted by molar-refractivity contribution is 0.983. The molecule has 0 aromatic rings. The van der Waals surface area contributed by atoms with Gasteiger partial charge in [-0.15, -0.1) is 0 Å². The fourth-order valence-electron chi connectivity index (χ4n) is 0.413. The summed E-state index contributed by atoms with van der Waals surface area (Å²) in [5, 5.41) is 0.851. The van der Waals surface area contributed by atoms with E-state index in [1.165, 1.54) is 0 Å². The minimum Gasteiger partial charge on any atom is -0.0891 e. The summed E-state index contributed by atoms with van der Waals surface area (Å²) < 4.78 is 0. The van der Waals surface area contributed by atoms with E-state index in [-0.39, 0.29) is 0 Å². The third kappa shape index (κ3) is 9.34. The molecule has 0 aromatic carbocycles. The zero-order chi connectivity index (χ0) is 8.36. The van der Waals surface area contributed by atoms with Crippen molar-refractivity contribution in [3.8, 4) is 23.7 Å². The van der Waals surface area contributed by atoms with Crippen LogP contribution in [-0.2, 0) is 0 Å². The van der Waals surface area contributed by atoms with E-state index < -0.39 is 0 Å². The molecule has 1 heteroatoms. The molecule has 58 valence electrons. The zero-order valence-electron chi connectivity index (χ0n) is 6.65. The van der Waals surface area contributed by atoms with Crippen molar-refractivity contribution in [2.45, 2.75) is 19.8 Å². The molecule has 0 amide bonds. The van der Waals surface area contributed by atoms with E-state index in [2.05, 4.69) is 46.5 Å². The summed E-state index contributed by atoms with van der Waals surface area (Å²) in [7, 11) is 0. The fourth-order valence-corrected chi connectivity index (χ4v) is 0.600. The van der Waals surface area contributed by atoms with Crippen molar-refractivity contribution < 1.29 is 0 Å². The van der Waals surface area contributed by atoms with Crippen molar-refractivity contribution in [3.05, 3.63) is 12.2 Å². The van der Waals surface area contributed by atoms with Crippen LogP contribution in [0, 0.1) is 23.7 Å². The number of hydrogen-bond donors (Lipinski definition) is 0. The summed E-state index contributed by atoms with van der Waals surface area (Å²) in [6, 6.07) is 0. The van der Waals surface area contributed by atoms with Crippen LogP contribution in [-0.4, -0.2) is 5.33 Å². The molecule has 11 heavy (non-hydrogen) atoms. The smallest absolute Gasteiger partial charge is 0.0221 e. The Balaban J connectivity index is 3.57. The van der Waals surface area contributed by atoms with Crippen molar-refractivity contribution >= 4 is 15.9 Å². The van der Waals surface area contributed by atoms with E-state index >= 15 is 0 Å². The molecule has 0 aliphatic carbocycles. The maximum Gasteiger partial charge on any atom is 0.0221 e. The Hall–Kier alpha value is -0.660. The van der Waals surface area contributed by atoms with Gasteiger partial charge in [0, 0.05) is 11.8 Å². The van der Waals surface area contributed by atoms with Crippen LogP contribution >= 0.6 is 15.9 Å². The highest BCUT2D eigenvalue weighted by Crippen LogP contribution is 1.80. The van der Waals surface area contributed by atoms with E-state index in [0.717, 1.165) is 18.2 Å². The van der Waals surface area contributed by atoms with Crippen LogP contribution in [0.2, 0.25) is 0 Å². The molecule has 0 spiro atoms. The van der Waals surface area contributed by atoms with Gasteiger partial charge in [-0.25, -0.2) is 0 Å². The van der Waals surface area contributed by atoms with E-state index in [4.69, 9.17) is 0 Å². The van der Waals surface area contributed by atoms with Gasteiger partial charge in [0.1, 0.15) is 0 Å². The van der Waals surface area contributed by atoms with Gasteiger partial charge in [-0.05, 0) is 24.3 Å². The number of halogens is 1. The molecular weight excluding hydrogens is 200 g/mol. The molecule has 0 fully saturated rings. The molecule has 0 saturated heterocycles. The SMILES string of the molecule is CCCC#CC#C/C=C/CBr. The van der Waals surface area contributed by atoms with Crippen LogP contribution in [0.3, 0.4) is 0 Å². The Labute approximate surface area is 77.2 Å². The van der Waals surface area contributed by atoms with Crippen molar-refractivity contribution in [2.75, 3.05) is 5.33 Å². The molecule has 0 rings (SSSR count). The van der Waals surface area contributed by atoms with Crippen molar-refractivity contribution in [2.24, 2.45) is 0 Å². The van der Waals surface area contributed by atoms with E-state index in [9.17, 15) is 0 Å². The zero-order valence-corrected chi connectivity index (χ0v) is 8.24. The molecular formula is C10H11Br. The van der Waals surface area contributed by atoms with E-state index in [0.29, 0.717) is 0 Å². The van der Waals surface area contributed by atoms with Gasteiger partial charge in [-0.3, -0.25) is 0 Å². The lowest BCUT2D eigenvalue weighted by Gasteiger charge is -1.72. The van der Waals surface area contributed by atoms with Crippen LogP contribution in [0.4, 0.5) is 0 Å². The number of rotatable bonds is 2.